The summed E-state index contributed by atoms with van der Waals surface area (Å²) in [6.45, 7) is 2.26. The third-order valence-corrected chi connectivity index (χ3v) is 7.37. The molecule has 0 bridgehead atoms. The van der Waals surface area contributed by atoms with Crippen molar-refractivity contribution in [3.05, 3.63) is 59.1 Å². The first kappa shape index (κ1) is 23.1. The third-order valence-electron chi connectivity index (χ3n) is 5.35. The first-order valence-corrected chi connectivity index (χ1v) is 11.8. The summed E-state index contributed by atoms with van der Waals surface area (Å²) in [6.07, 6.45) is 2.94. The molecule has 1 heterocycles. The van der Waals surface area contributed by atoms with Crippen molar-refractivity contribution in [1.82, 2.24) is 4.90 Å². The Bertz CT molecular complexity index is 1070. The van der Waals surface area contributed by atoms with Gasteiger partial charge in [-0.05, 0) is 62.6 Å². The lowest BCUT2D eigenvalue weighted by atomic mass is 10.0. The largest absolute Gasteiger partial charge is 0.452 e. The molecule has 0 N–H and O–H groups in total. The fourth-order valence-corrected chi connectivity index (χ4v) is 4.93. The van der Waals surface area contributed by atoms with E-state index in [2.05, 4.69) is 0 Å². The molecule has 3 rings (SSSR count). The van der Waals surface area contributed by atoms with E-state index in [1.807, 2.05) is 6.92 Å². The van der Waals surface area contributed by atoms with Crippen molar-refractivity contribution >= 4 is 39.2 Å². The number of anilines is 1. The number of carbonyl (C=O) groups excluding carboxylic acids is 2. The number of nitrogens with zero attached hydrogens (tertiary/aromatic N) is 2. The fourth-order valence-electron chi connectivity index (χ4n) is 3.51. The minimum Gasteiger partial charge on any atom is -0.452 e. The highest BCUT2D eigenvalue weighted by Gasteiger charge is 2.25. The molecule has 1 fully saturated rings. The quantitative estimate of drug-likeness (QED) is 0.608. The molecule has 0 spiro atoms. The Labute approximate surface area is 187 Å². The molecule has 1 amide bonds. The van der Waals surface area contributed by atoms with E-state index in [9.17, 15) is 18.0 Å². The number of halogens is 1. The number of ether oxygens (including phenoxy) is 1. The van der Waals surface area contributed by atoms with Crippen molar-refractivity contribution in [2.75, 3.05) is 24.5 Å². The van der Waals surface area contributed by atoms with Gasteiger partial charge in [0.1, 0.15) is 0 Å². The summed E-state index contributed by atoms with van der Waals surface area (Å²) in [7, 11) is -2.52. The van der Waals surface area contributed by atoms with Gasteiger partial charge in [-0.1, -0.05) is 23.7 Å². The monoisotopic (exact) mass is 464 g/mol. The van der Waals surface area contributed by atoms with Crippen LogP contribution in [0.25, 0.3) is 0 Å². The maximum absolute atomic E-state index is 13.0. The van der Waals surface area contributed by atoms with Crippen molar-refractivity contribution in [2.24, 2.45) is 0 Å². The third kappa shape index (κ3) is 5.37. The van der Waals surface area contributed by atoms with Crippen molar-refractivity contribution in [3.63, 3.8) is 0 Å². The molecule has 31 heavy (non-hydrogen) atoms. The van der Waals surface area contributed by atoms with Gasteiger partial charge >= 0.3 is 5.97 Å². The summed E-state index contributed by atoms with van der Waals surface area (Å²) in [5, 5.41) is 0.407. The SMILES string of the molecule is CC1CCCCN1C(=O)COC(=O)c1cccc(S(=O)(=O)N(C)c2cccc(Cl)c2)c1. The van der Waals surface area contributed by atoms with E-state index in [0.717, 1.165) is 23.6 Å². The van der Waals surface area contributed by atoms with Gasteiger partial charge in [-0.3, -0.25) is 9.10 Å². The Morgan fingerprint density at radius 1 is 1.16 bits per heavy atom. The normalized spacial score (nSPS) is 16.6. The van der Waals surface area contributed by atoms with Gasteiger partial charge in [0.2, 0.25) is 0 Å². The Morgan fingerprint density at radius 3 is 2.61 bits per heavy atom. The molecule has 0 radical (unpaired) electrons. The summed E-state index contributed by atoms with van der Waals surface area (Å²) < 4.78 is 32.2. The van der Waals surface area contributed by atoms with Crippen LogP contribution >= 0.6 is 11.6 Å². The van der Waals surface area contributed by atoms with Crippen molar-refractivity contribution in [1.29, 1.82) is 0 Å². The van der Waals surface area contributed by atoms with E-state index in [1.54, 1.807) is 23.1 Å². The summed E-state index contributed by atoms with van der Waals surface area (Å²) in [5.74, 6) is -0.995. The highest BCUT2D eigenvalue weighted by atomic mass is 35.5. The Balaban J connectivity index is 1.71. The number of amides is 1. The predicted octanol–water partition coefficient (Wildman–Crippen LogP) is 3.72. The smallest absolute Gasteiger partial charge is 0.338 e. The van der Waals surface area contributed by atoms with Gasteiger partial charge in [-0.25, -0.2) is 13.2 Å². The lowest BCUT2D eigenvalue weighted by Crippen LogP contribution is -2.44. The maximum atomic E-state index is 13.0. The molecule has 1 unspecified atom stereocenters. The van der Waals surface area contributed by atoms with Crippen LogP contribution in [-0.4, -0.2) is 51.4 Å². The van der Waals surface area contributed by atoms with Gasteiger partial charge in [0.15, 0.2) is 6.61 Å². The zero-order chi connectivity index (χ0) is 22.6. The molecule has 1 atom stereocenters. The highest BCUT2D eigenvalue weighted by molar-refractivity contribution is 7.92. The van der Waals surface area contributed by atoms with Crippen LogP contribution in [0.2, 0.25) is 5.02 Å². The molecule has 0 aromatic heterocycles. The Hall–Kier alpha value is -2.58. The zero-order valence-electron chi connectivity index (χ0n) is 17.5. The summed E-state index contributed by atoms with van der Waals surface area (Å²) in [6, 6.07) is 12.1. The minimum absolute atomic E-state index is 0.0556. The molecular weight excluding hydrogens is 440 g/mol. The second-order valence-corrected chi connectivity index (χ2v) is 9.89. The second-order valence-electron chi connectivity index (χ2n) is 7.49. The topological polar surface area (TPSA) is 84.0 Å². The lowest BCUT2D eigenvalue weighted by Gasteiger charge is -2.33. The molecule has 0 aliphatic carbocycles. The van der Waals surface area contributed by atoms with E-state index in [4.69, 9.17) is 16.3 Å². The standard InChI is InChI=1S/C22H25ClN2O5S/c1-16-7-3-4-12-25(16)21(26)15-30-22(27)17-8-5-11-20(13-17)31(28,29)24(2)19-10-6-9-18(23)14-19/h5-6,8-11,13-14,16H,3-4,7,12,15H2,1-2H3. The number of likely N-dealkylation sites (tertiary alicyclic amines) is 1. The predicted molar refractivity (Wildman–Crippen MR) is 119 cm³/mol. The number of benzene rings is 2. The number of sulfonamides is 1. The molecule has 1 saturated heterocycles. The maximum Gasteiger partial charge on any atom is 0.338 e. The van der Waals surface area contributed by atoms with Crippen LogP contribution in [-0.2, 0) is 19.6 Å². The van der Waals surface area contributed by atoms with Crippen LogP contribution in [0.15, 0.2) is 53.4 Å². The molecule has 1 aliphatic rings. The highest BCUT2D eigenvalue weighted by Crippen LogP contribution is 2.25. The average molecular weight is 465 g/mol. The first-order valence-electron chi connectivity index (χ1n) is 10.0. The molecule has 166 valence electrons. The van der Waals surface area contributed by atoms with Crippen LogP contribution < -0.4 is 4.31 Å². The average Bonchev–Trinajstić information content (AvgIpc) is 2.77. The van der Waals surface area contributed by atoms with Gasteiger partial charge in [-0.2, -0.15) is 0 Å². The number of carbonyl (C=O) groups is 2. The van der Waals surface area contributed by atoms with Gasteiger partial charge in [0.25, 0.3) is 15.9 Å². The number of hydrogen-bond acceptors (Lipinski definition) is 5. The fraction of sp³-hybridized carbons (Fsp3) is 0.364. The molecule has 1 aliphatic heterocycles. The zero-order valence-corrected chi connectivity index (χ0v) is 19.0. The molecule has 9 heteroatoms. The molecule has 0 saturated carbocycles. The van der Waals surface area contributed by atoms with Gasteiger partial charge < -0.3 is 9.64 Å². The Kier molecular flexibility index (Phi) is 7.23. The van der Waals surface area contributed by atoms with Crippen LogP contribution in [0, 0.1) is 0 Å². The van der Waals surface area contributed by atoms with Gasteiger partial charge in [-0.15, -0.1) is 0 Å². The van der Waals surface area contributed by atoms with E-state index in [1.165, 1.54) is 37.4 Å². The van der Waals surface area contributed by atoms with Crippen molar-refractivity contribution in [3.8, 4) is 0 Å². The van der Waals surface area contributed by atoms with Crippen molar-refractivity contribution < 1.29 is 22.7 Å². The number of esters is 1. The van der Waals surface area contributed by atoms with Crippen molar-refractivity contribution in [2.45, 2.75) is 37.1 Å². The Morgan fingerprint density at radius 2 is 1.90 bits per heavy atom. The molecule has 2 aromatic rings. The van der Waals surface area contributed by atoms with Crippen LogP contribution in [0.5, 0.6) is 0 Å². The first-order chi connectivity index (χ1) is 14.7. The molecule has 2 aromatic carbocycles. The van der Waals surface area contributed by atoms with E-state index in [-0.39, 0.29) is 29.0 Å². The van der Waals surface area contributed by atoms with Gasteiger partial charge in [0.05, 0.1) is 16.1 Å². The number of piperidine rings is 1. The van der Waals surface area contributed by atoms with E-state index in [0.29, 0.717) is 17.3 Å². The molecule has 7 nitrogen and oxygen atoms in total. The summed E-state index contributed by atoms with van der Waals surface area (Å²) in [5.41, 5.74) is 0.446. The molecular formula is C22H25ClN2O5S. The summed E-state index contributed by atoms with van der Waals surface area (Å²) in [4.78, 5) is 26.5. The van der Waals surface area contributed by atoms with Gasteiger partial charge in [0, 0.05) is 24.7 Å². The lowest BCUT2D eigenvalue weighted by molar-refractivity contribution is -0.137. The van der Waals surface area contributed by atoms with Crippen LogP contribution in [0.4, 0.5) is 5.69 Å². The minimum atomic E-state index is -3.93. The van der Waals surface area contributed by atoms with Crippen LogP contribution in [0.1, 0.15) is 36.5 Å². The van der Waals surface area contributed by atoms with Crippen LogP contribution in [0.3, 0.4) is 0 Å². The van der Waals surface area contributed by atoms with E-state index >= 15 is 0 Å². The summed E-state index contributed by atoms with van der Waals surface area (Å²) >= 11 is 5.96. The number of hydrogen-bond donors (Lipinski definition) is 0. The second kappa shape index (κ2) is 9.70. The number of rotatable bonds is 6. The van der Waals surface area contributed by atoms with E-state index < -0.39 is 16.0 Å².